The van der Waals surface area contributed by atoms with Crippen LogP contribution in [0.5, 0.6) is 0 Å². The molecule has 3 saturated carbocycles. The quantitative estimate of drug-likeness (QED) is 0.559. The van der Waals surface area contributed by atoms with Gasteiger partial charge in [-0.2, -0.15) is 0 Å². The molecule has 0 heteroatoms. The number of allylic oxidation sites excluding steroid dienone is 1. The largest absolute Gasteiger partial charge is 0.0995 e. The van der Waals surface area contributed by atoms with E-state index < -0.39 is 0 Å². The van der Waals surface area contributed by atoms with E-state index in [0.717, 1.165) is 35.0 Å². The molecule has 0 aromatic rings. The van der Waals surface area contributed by atoms with Crippen LogP contribution in [0.1, 0.15) is 46.5 Å². The van der Waals surface area contributed by atoms with Crippen LogP contribution in [0.15, 0.2) is 12.2 Å². The van der Waals surface area contributed by atoms with Crippen LogP contribution in [0.3, 0.4) is 0 Å². The summed E-state index contributed by atoms with van der Waals surface area (Å²) >= 11 is 0. The molecular formula is C15H24. The van der Waals surface area contributed by atoms with Crippen LogP contribution in [-0.2, 0) is 0 Å². The molecule has 15 heavy (non-hydrogen) atoms. The van der Waals surface area contributed by atoms with Crippen molar-refractivity contribution in [3.8, 4) is 0 Å². The zero-order valence-corrected chi connectivity index (χ0v) is 10.4. The topological polar surface area (TPSA) is 0 Å². The van der Waals surface area contributed by atoms with Gasteiger partial charge in [0.1, 0.15) is 0 Å². The lowest BCUT2D eigenvalue weighted by molar-refractivity contribution is 0.142. The highest BCUT2D eigenvalue weighted by atomic mass is 14.8. The summed E-state index contributed by atoms with van der Waals surface area (Å²) in [6, 6.07) is 0. The van der Waals surface area contributed by atoms with Gasteiger partial charge in [0, 0.05) is 0 Å². The summed E-state index contributed by atoms with van der Waals surface area (Å²) in [6.45, 7) is 11.7. The average molecular weight is 204 g/mol. The third-order valence-corrected chi connectivity index (χ3v) is 5.94. The zero-order chi connectivity index (χ0) is 10.8. The molecule has 84 valence electrons. The van der Waals surface area contributed by atoms with E-state index in [2.05, 4.69) is 27.4 Å². The lowest BCUT2D eigenvalue weighted by Crippen LogP contribution is -2.27. The molecule has 5 atom stereocenters. The molecule has 1 spiro atoms. The lowest BCUT2D eigenvalue weighted by atomic mass is 9.70. The zero-order valence-electron chi connectivity index (χ0n) is 10.4. The van der Waals surface area contributed by atoms with Gasteiger partial charge in [0.2, 0.25) is 0 Å². The van der Waals surface area contributed by atoms with Crippen LogP contribution in [0.2, 0.25) is 0 Å². The molecule has 3 rings (SSSR count). The van der Waals surface area contributed by atoms with Crippen molar-refractivity contribution < 1.29 is 0 Å². The molecule has 3 fully saturated rings. The first kappa shape index (κ1) is 9.93. The van der Waals surface area contributed by atoms with Crippen molar-refractivity contribution >= 4 is 0 Å². The Balaban J connectivity index is 1.91. The fourth-order valence-corrected chi connectivity index (χ4v) is 5.14. The fraction of sp³-hybridized carbons (Fsp3) is 0.867. The maximum atomic E-state index is 4.32. The van der Waals surface area contributed by atoms with Crippen molar-refractivity contribution in [1.29, 1.82) is 0 Å². The monoisotopic (exact) mass is 204 g/mol. The third kappa shape index (κ3) is 1.04. The van der Waals surface area contributed by atoms with E-state index in [1.165, 1.54) is 25.7 Å². The van der Waals surface area contributed by atoms with Gasteiger partial charge < -0.3 is 0 Å². The van der Waals surface area contributed by atoms with E-state index >= 15 is 0 Å². The molecule has 0 bridgehead atoms. The number of rotatable bonds is 1. The Bertz CT molecular complexity index is 301. The summed E-state index contributed by atoms with van der Waals surface area (Å²) in [5.74, 6) is 4.83. The minimum Gasteiger partial charge on any atom is -0.0995 e. The first-order chi connectivity index (χ1) is 7.09. The predicted octanol–water partition coefficient (Wildman–Crippen LogP) is 4.27. The first-order valence-electron chi connectivity index (χ1n) is 6.76. The van der Waals surface area contributed by atoms with Crippen LogP contribution in [0, 0.1) is 35.0 Å². The summed E-state index contributed by atoms with van der Waals surface area (Å²) < 4.78 is 0. The van der Waals surface area contributed by atoms with Gasteiger partial charge in [-0.05, 0) is 60.7 Å². The molecule has 0 aromatic carbocycles. The Labute approximate surface area is 94.1 Å². The van der Waals surface area contributed by atoms with Crippen molar-refractivity contribution in [3.05, 3.63) is 12.2 Å². The molecule has 3 aliphatic carbocycles. The van der Waals surface area contributed by atoms with Crippen molar-refractivity contribution in [1.82, 2.24) is 0 Å². The van der Waals surface area contributed by atoms with Crippen LogP contribution in [0.25, 0.3) is 0 Å². The van der Waals surface area contributed by atoms with Gasteiger partial charge in [-0.3, -0.25) is 0 Å². The van der Waals surface area contributed by atoms with E-state index in [1.807, 2.05) is 0 Å². The molecule has 0 aliphatic heterocycles. The van der Waals surface area contributed by atoms with E-state index in [9.17, 15) is 0 Å². The maximum absolute atomic E-state index is 4.32. The van der Waals surface area contributed by atoms with Crippen molar-refractivity contribution in [2.75, 3.05) is 0 Å². The van der Waals surface area contributed by atoms with Crippen LogP contribution in [0.4, 0.5) is 0 Å². The predicted molar refractivity (Wildman–Crippen MR) is 64.5 cm³/mol. The first-order valence-corrected chi connectivity index (χ1v) is 6.76. The molecular weight excluding hydrogens is 180 g/mol. The molecule has 0 N–H and O–H groups in total. The summed E-state index contributed by atoms with van der Waals surface area (Å²) in [4.78, 5) is 0. The van der Waals surface area contributed by atoms with Crippen LogP contribution in [-0.4, -0.2) is 0 Å². The highest BCUT2D eigenvalue weighted by Gasteiger charge is 2.73. The van der Waals surface area contributed by atoms with Gasteiger partial charge in [0.05, 0.1) is 0 Å². The third-order valence-electron chi connectivity index (χ3n) is 5.94. The van der Waals surface area contributed by atoms with Crippen molar-refractivity contribution in [3.63, 3.8) is 0 Å². The minimum atomic E-state index is 0.740. The molecule has 3 aliphatic rings. The van der Waals surface area contributed by atoms with Crippen molar-refractivity contribution in [2.45, 2.75) is 46.5 Å². The van der Waals surface area contributed by atoms with E-state index in [-0.39, 0.29) is 0 Å². The van der Waals surface area contributed by atoms with Gasteiger partial charge in [0.25, 0.3) is 0 Å². The number of hydrogen-bond donors (Lipinski definition) is 0. The maximum Gasteiger partial charge on any atom is -0.0107 e. The van der Waals surface area contributed by atoms with Gasteiger partial charge in [-0.15, -0.1) is 0 Å². The fourth-order valence-electron chi connectivity index (χ4n) is 5.14. The molecule has 0 aromatic heterocycles. The van der Waals surface area contributed by atoms with Crippen LogP contribution < -0.4 is 0 Å². The second kappa shape index (κ2) is 2.90. The van der Waals surface area contributed by atoms with E-state index in [4.69, 9.17) is 0 Å². The second-order valence-electron chi connectivity index (χ2n) is 6.66. The molecule has 0 nitrogen and oxygen atoms in total. The normalized spacial score (nSPS) is 52.9. The Morgan fingerprint density at radius 2 is 2.07 bits per heavy atom. The van der Waals surface area contributed by atoms with Gasteiger partial charge >= 0.3 is 0 Å². The molecule has 0 radical (unpaired) electrons. The highest BCUT2D eigenvalue weighted by molar-refractivity contribution is 5.33. The number of fused-ring (bicyclic) bond motifs is 1. The Hall–Kier alpha value is -0.260. The van der Waals surface area contributed by atoms with Crippen molar-refractivity contribution in [2.24, 2.45) is 35.0 Å². The van der Waals surface area contributed by atoms with Gasteiger partial charge in [0.15, 0.2) is 0 Å². The minimum absolute atomic E-state index is 0.740. The van der Waals surface area contributed by atoms with E-state index in [0.29, 0.717) is 0 Å². The summed E-state index contributed by atoms with van der Waals surface area (Å²) in [5, 5.41) is 0. The Morgan fingerprint density at radius 3 is 2.73 bits per heavy atom. The number of hydrogen-bond acceptors (Lipinski definition) is 0. The smallest absolute Gasteiger partial charge is 0.0107 e. The van der Waals surface area contributed by atoms with Crippen LogP contribution >= 0.6 is 0 Å². The molecule has 0 heterocycles. The summed E-state index contributed by atoms with van der Waals surface area (Å²) in [7, 11) is 0. The lowest BCUT2D eigenvalue weighted by Gasteiger charge is -2.35. The van der Waals surface area contributed by atoms with Gasteiger partial charge in [-0.25, -0.2) is 0 Å². The highest BCUT2D eigenvalue weighted by Crippen LogP contribution is 2.79. The molecule has 0 unspecified atom stereocenters. The summed E-state index contributed by atoms with van der Waals surface area (Å²) in [5.41, 5.74) is 2.34. The Morgan fingerprint density at radius 1 is 1.33 bits per heavy atom. The SMILES string of the molecule is C=C1CC[C@@]23[C@@H]([C@@H](C(C)C)CC[C@@H]2C)[C@H]13. The second-order valence-corrected chi connectivity index (χ2v) is 6.66. The van der Waals surface area contributed by atoms with E-state index in [1.54, 1.807) is 5.57 Å². The Kier molecular flexibility index (Phi) is 1.92. The summed E-state index contributed by atoms with van der Waals surface area (Å²) in [6.07, 6.45) is 5.75. The standard InChI is InChI=1S/C15H24/c1-9(2)12-6-5-11(4)15-8-7-10(3)13(15)14(12)15/h9,11-14H,3,5-8H2,1-2,4H3/t11-,12+,13-,14-,15+/m0/s1. The molecule has 0 saturated heterocycles. The van der Waals surface area contributed by atoms with Gasteiger partial charge in [-0.1, -0.05) is 32.9 Å². The average Bonchev–Trinajstić information content (AvgIpc) is 2.75. The molecule has 0 amide bonds.